The Morgan fingerprint density at radius 1 is 1.32 bits per heavy atom. The number of nitrogens with one attached hydrogen (secondary N) is 1. The van der Waals surface area contributed by atoms with E-state index in [0.29, 0.717) is 6.04 Å². The van der Waals surface area contributed by atoms with Crippen molar-refractivity contribution in [3.05, 3.63) is 34.9 Å². The molecule has 0 bridgehead atoms. The summed E-state index contributed by atoms with van der Waals surface area (Å²) >= 11 is 6.18. The predicted molar refractivity (Wildman–Crippen MR) is 78.0 cm³/mol. The van der Waals surface area contributed by atoms with Crippen molar-refractivity contribution in [3.63, 3.8) is 0 Å². The standard InChI is InChI=1S/C15H19ClN2O/c16-13-6-2-1-5-11(13)9-12-10-18-15(19-12)14-7-3-4-8-17-14/h1-2,5-6,12,14,17H,3-4,7-10H2. The SMILES string of the molecule is Clc1ccccc1CC1CN=C(C2CCCCN2)O1. The number of hydrogen-bond donors (Lipinski definition) is 1. The molecule has 2 unspecified atom stereocenters. The van der Waals surface area contributed by atoms with E-state index in [1.54, 1.807) is 0 Å². The Hall–Kier alpha value is -1.06. The molecule has 1 aromatic rings. The molecular formula is C15H19ClN2O. The van der Waals surface area contributed by atoms with Crippen molar-refractivity contribution >= 4 is 17.5 Å². The molecule has 4 heteroatoms. The van der Waals surface area contributed by atoms with Crippen LogP contribution in [0.2, 0.25) is 5.02 Å². The average Bonchev–Trinajstić information content (AvgIpc) is 2.91. The molecule has 0 spiro atoms. The zero-order chi connectivity index (χ0) is 13.1. The van der Waals surface area contributed by atoms with E-state index in [9.17, 15) is 0 Å². The Balaban J connectivity index is 1.57. The molecule has 1 fully saturated rings. The highest BCUT2D eigenvalue weighted by Crippen LogP contribution is 2.21. The lowest BCUT2D eigenvalue weighted by Crippen LogP contribution is -2.41. The molecule has 2 aliphatic rings. The van der Waals surface area contributed by atoms with Crippen LogP contribution in [0.4, 0.5) is 0 Å². The van der Waals surface area contributed by atoms with Gasteiger partial charge < -0.3 is 10.1 Å². The molecule has 3 nitrogen and oxygen atoms in total. The van der Waals surface area contributed by atoms with E-state index in [-0.39, 0.29) is 6.10 Å². The second-order valence-electron chi connectivity index (χ2n) is 5.22. The summed E-state index contributed by atoms with van der Waals surface area (Å²) in [6.07, 6.45) is 4.62. The van der Waals surface area contributed by atoms with Gasteiger partial charge in [-0.2, -0.15) is 0 Å². The van der Waals surface area contributed by atoms with Crippen LogP contribution in [0.5, 0.6) is 0 Å². The van der Waals surface area contributed by atoms with Crippen molar-refractivity contribution in [1.82, 2.24) is 5.32 Å². The number of ether oxygens (including phenoxy) is 1. The fraction of sp³-hybridized carbons (Fsp3) is 0.533. The highest BCUT2D eigenvalue weighted by Gasteiger charge is 2.27. The minimum Gasteiger partial charge on any atom is -0.474 e. The Morgan fingerprint density at radius 2 is 2.21 bits per heavy atom. The molecule has 1 saturated heterocycles. The summed E-state index contributed by atoms with van der Waals surface area (Å²) in [5.41, 5.74) is 1.14. The first kappa shape index (κ1) is 12.9. The molecular weight excluding hydrogens is 260 g/mol. The number of piperidine rings is 1. The van der Waals surface area contributed by atoms with Gasteiger partial charge in [-0.3, -0.25) is 4.99 Å². The van der Waals surface area contributed by atoms with Crippen LogP contribution >= 0.6 is 11.6 Å². The van der Waals surface area contributed by atoms with Gasteiger partial charge in [0.2, 0.25) is 5.90 Å². The lowest BCUT2D eigenvalue weighted by atomic mass is 10.1. The quantitative estimate of drug-likeness (QED) is 0.922. The molecule has 0 radical (unpaired) electrons. The summed E-state index contributed by atoms with van der Waals surface area (Å²) < 4.78 is 5.99. The smallest absolute Gasteiger partial charge is 0.201 e. The van der Waals surface area contributed by atoms with Crippen molar-refractivity contribution < 1.29 is 4.74 Å². The van der Waals surface area contributed by atoms with Crippen LogP contribution in [0.25, 0.3) is 0 Å². The number of hydrogen-bond acceptors (Lipinski definition) is 3. The minimum absolute atomic E-state index is 0.138. The van der Waals surface area contributed by atoms with Crippen molar-refractivity contribution in [3.8, 4) is 0 Å². The van der Waals surface area contributed by atoms with Gasteiger partial charge in [-0.15, -0.1) is 0 Å². The number of aliphatic imine (C=N–C) groups is 1. The zero-order valence-electron chi connectivity index (χ0n) is 10.9. The molecule has 0 aromatic heterocycles. The highest BCUT2D eigenvalue weighted by atomic mass is 35.5. The van der Waals surface area contributed by atoms with E-state index >= 15 is 0 Å². The van der Waals surface area contributed by atoms with Gasteiger partial charge in [0.05, 0.1) is 12.6 Å². The predicted octanol–water partition coefficient (Wildman–Crippen LogP) is 2.82. The van der Waals surface area contributed by atoms with Crippen molar-refractivity contribution in [2.45, 2.75) is 37.8 Å². The summed E-state index contributed by atoms with van der Waals surface area (Å²) in [6.45, 7) is 1.82. The summed E-state index contributed by atoms with van der Waals surface area (Å²) in [6, 6.07) is 8.28. The van der Waals surface area contributed by atoms with Crippen LogP contribution in [-0.4, -0.2) is 31.1 Å². The van der Waals surface area contributed by atoms with Crippen LogP contribution in [0.1, 0.15) is 24.8 Å². The maximum atomic E-state index is 6.18. The second kappa shape index (κ2) is 5.93. The monoisotopic (exact) mass is 278 g/mol. The molecule has 1 aromatic carbocycles. The van der Waals surface area contributed by atoms with Crippen LogP contribution < -0.4 is 5.32 Å². The van der Waals surface area contributed by atoms with Crippen LogP contribution in [0, 0.1) is 0 Å². The number of benzene rings is 1. The Morgan fingerprint density at radius 3 is 3.00 bits per heavy atom. The summed E-state index contributed by atoms with van der Waals surface area (Å²) in [5, 5.41) is 4.29. The van der Waals surface area contributed by atoms with E-state index in [1.165, 1.54) is 12.8 Å². The van der Waals surface area contributed by atoms with E-state index in [0.717, 1.165) is 42.4 Å². The van der Waals surface area contributed by atoms with Gasteiger partial charge in [0.15, 0.2) is 0 Å². The largest absolute Gasteiger partial charge is 0.474 e. The van der Waals surface area contributed by atoms with Gasteiger partial charge in [-0.05, 0) is 31.0 Å². The van der Waals surface area contributed by atoms with Gasteiger partial charge in [0.25, 0.3) is 0 Å². The molecule has 0 saturated carbocycles. The lowest BCUT2D eigenvalue weighted by molar-refractivity contribution is 0.209. The molecule has 2 atom stereocenters. The highest BCUT2D eigenvalue weighted by molar-refractivity contribution is 6.31. The topological polar surface area (TPSA) is 33.6 Å². The van der Waals surface area contributed by atoms with Gasteiger partial charge in [0, 0.05) is 11.4 Å². The fourth-order valence-corrected chi connectivity index (χ4v) is 2.92. The third kappa shape index (κ3) is 3.10. The van der Waals surface area contributed by atoms with Crippen LogP contribution in [0.3, 0.4) is 0 Å². The minimum atomic E-state index is 0.138. The molecule has 1 N–H and O–H groups in total. The van der Waals surface area contributed by atoms with E-state index in [1.807, 2.05) is 18.2 Å². The van der Waals surface area contributed by atoms with Crippen LogP contribution in [-0.2, 0) is 11.2 Å². The van der Waals surface area contributed by atoms with E-state index < -0.39 is 0 Å². The first-order chi connectivity index (χ1) is 9.33. The van der Waals surface area contributed by atoms with Crippen molar-refractivity contribution in [2.75, 3.05) is 13.1 Å². The van der Waals surface area contributed by atoms with Crippen molar-refractivity contribution in [1.29, 1.82) is 0 Å². The summed E-state index contributed by atoms with van der Waals surface area (Å²) in [4.78, 5) is 4.56. The maximum Gasteiger partial charge on any atom is 0.201 e. The Kier molecular flexibility index (Phi) is 4.04. The maximum absolute atomic E-state index is 6.18. The summed E-state index contributed by atoms with van der Waals surface area (Å²) in [5.74, 6) is 0.900. The zero-order valence-corrected chi connectivity index (χ0v) is 11.7. The van der Waals surface area contributed by atoms with Gasteiger partial charge in [0.1, 0.15) is 6.10 Å². The molecule has 0 amide bonds. The third-order valence-electron chi connectivity index (χ3n) is 3.75. The normalized spacial score (nSPS) is 26.9. The molecule has 3 rings (SSSR count). The molecule has 0 aliphatic carbocycles. The number of rotatable bonds is 3. The summed E-state index contributed by atoms with van der Waals surface area (Å²) in [7, 11) is 0. The first-order valence-corrected chi connectivity index (χ1v) is 7.38. The molecule has 2 aliphatic heterocycles. The lowest BCUT2D eigenvalue weighted by Gasteiger charge is -2.23. The van der Waals surface area contributed by atoms with E-state index in [2.05, 4.69) is 16.4 Å². The first-order valence-electron chi connectivity index (χ1n) is 7.01. The van der Waals surface area contributed by atoms with Gasteiger partial charge in [-0.25, -0.2) is 0 Å². The van der Waals surface area contributed by atoms with E-state index in [4.69, 9.17) is 16.3 Å². The van der Waals surface area contributed by atoms with Crippen LogP contribution in [0.15, 0.2) is 29.3 Å². The Bertz CT molecular complexity index is 469. The number of nitrogens with zero attached hydrogens (tertiary/aromatic N) is 1. The number of halogens is 1. The molecule has 102 valence electrons. The molecule has 19 heavy (non-hydrogen) atoms. The Labute approximate surface area is 119 Å². The van der Waals surface area contributed by atoms with Crippen molar-refractivity contribution in [2.24, 2.45) is 4.99 Å². The van der Waals surface area contributed by atoms with Gasteiger partial charge >= 0.3 is 0 Å². The van der Waals surface area contributed by atoms with Gasteiger partial charge in [-0.1, -0.05) is 36.2 Å². The third-order valence-corrected chi connectivity index (χ3v) is 4.12. The fourth-order valence-electron chi connectivity index (χ4n) is 2.71. The molecule has 2 heterocycles. The average molecular weight is 279 g/mol. The second-order valence-corrected chi connectivity index (χ2v) is 5.62.